The number of sulfonamides is 2. The molecule has 2 aromatic rings. The molecule has 21 nitrogen and oxygen atoms in total. The number of aliphatic carboxylic acids is 1. The summed E-state index contributed by atoms with van der Waals surface area (Å²) in [4.78, 5) is 54.6. The number of carbonyl (C=O) groups is 4. The number of carbonyl (C=O) groups excluding carboxylic acids is 3. The molecule has 2 amide bonds. The number of rotatable bonds is 18. The lowest BCUT2D eigenvalue weighted by Crippen LogP contribution is -2.51. The van der Waals surface area contributed by atoms with Crippen molar-refractivity contribution in [2.45, 2.75) is 132 Å². The first-order chi connectivity index (χ1) is 36.5. The van der Waals surface area contributed by atoms with Gasteiger partial charge in [0.2, 0.25) is 43.6 Å². The smallest absolute Gasteiger partial charge is 0.475 e. The Bertz CT molecular complexity index is 2580. The molecule has 0 atom stereocenters. The van der Waals surface area contributed by atoms with Gasteiger partial charge in [-0.05, 0) is 96.3 Å². The van der Waals surface area contributed by atoms with Crippen LogP contribution in [0.4, 0.5) is 22.0 Å². The van der Waals surface area contributed by atoms with E-state index in [9.17, 15) is 53.2 Å². The highest BCUT2D eigenvalue weighted by molar-refractivity contribution is 7.89. The highest BCUT2D eigenvalue weighted by atomic mass is 32.2. The van der Waals surface area contributed by atoms with Crippen LogP contribution in [0.15, 0.2) is 70.3 Å². The zero-order valence-electron chi connectivity index (χ0n) is 44.4. The van der Waals surface area contributed by atoms with Crippen LogP contribution in [-0.4, -0.2) is 160 Å². The predicted octanol–water partition coefficient (Wildman–Crippen LogP) is 5.51. The summed E-state index contributed by atoms with van der Waals surface area (Å²) in [6.07, 6.45) is 3.11. The number of hydrogen-bond donors (Lipinski definition) is 4. The van der Waals surface area contributed by atoms with Gasteiger partial charge in [-0.2, -0.15) is 21.8 Å². The number of hydrogen-bond acceptors (Lipinski definition) is 16. The van der Waals surface area contributed by atoms with E-state index in [1.807, 2.05) is 13.8 Å². The van der Waals surface area contributed by atoms with Crippen LogP contribution < -0.4 is 25.8 Å². The molecule has 0 bridgehead atoms. The Balaban J connectivity index is 0.000000304. The Hall–Kier alpha value is -5.39. The van der Waals surface area contributed by atoms with Gasteiger partial charge < -0.3 is 45.2 Å². The van der Waals surface area contributed by atoms with E-state index in [1.54, 1.807) is 20.8 Å². The molecule has 4 aliphatic heterocycles. The maximum Gasteiger partial charge on any atom is 0.490 e. The SMILES string of the molecule is CC(C)(C)OC(=O)CCC(=CF)COc1ccc(S(=O)(=O)N2CCC(C)(C(=O)NC3CCOCC3)CC2)cn1.CC1(C(=O)NC2CCOCC2)CCN(S(=O)(=O)c2ccc(OC/C(=C/F)CN)nc2)CC1.O=C(O)C(F)(F)F. The van der Waals surface area contributed by atoms with Gasteiger partial charge >= 0.3 is 18.1 Å². The summed E-state index contributed by atoms with van der Waals surface area (Å²) in [6, 6.07) is 5.84. The van der Waals surface area contributed by atoms with E-state index in [4.69, 9.17) is 39.3 Å². The van der Waals surface area contributed by atoms with Gasteiger partial charge in [0.1, 0.15) is 28.6 Å². The molecule has 2 aromatic heterocycles. The van der Waals surface area contributed by atoms with Gasteiger partial charge in [0, 0.05) is 106 Å². The molecule has 0 unspecified atom stereocenters. The number of halogens is 5. The van der Waals surface area contributed by atoms with Gasteiger partial charge in [0.15, 0.2) is 0 Å². The normalized spacial score (nSPS) is 19.2. The number of ether oxygens (including phenoxy) is 5. The maximum atomic E-state index is 13.3. The zero-order valence-corrected chi connectivity index (χ0v) is 46.1. The fraction of sp³-hybridized carbons (Fsp3) is 0.640. The van der Waals surface area contributed by atoms with Gasteiger partial charge in [0.25, 0.3) is 0 Å². The molecule has 6 rings (SSSR count). The average molecular weight is 1150 g/mol. The van der Waals surface area contributed by atoms with Gasteiger partial charge in [-0.3, -0.25) is 14.4 Å². The molecular formula is C50H72F5N7O14S2. The second-order valence-electron chi connectivity index (χ2n) is 20.5. The molecule has 438 valence electrons. The highest BCUT2D eigenvalue weighted by Crippen LogP contribution is 2.36. The Kier molecular flexibility index (Phi) is 24.4. The van der Waals surface area contributed by atoms with E-state index in [2.05, 4.69) is 20.6 Å². The van der Waals surface area contributed by atoms with Crippen LogP contribution >= 0.6 is 0 Å². The average Bonchev–Trinajstić information content (AvgIpc) is 3.45. The molecule has 0 spiro atoms. The first-order valence-electron chi connectivity index (χ1n) is 25.3. The summed E-state index contributed by atoms with van der Waals surface area (Å²) in [6.45, 7) is 12.4. The van der Waals surface area contributed by atoms with Crippen LogP contribution in [0.5, 0.6) is 11.8 Å². The van der Waals surface area contributed by atoms with Crippen molar-refractivity contribution in [1.29, 1.82) is 0 Å². The summed E-state index contributed by atoms with van der Waals surface area (Å²) in [5.74, 6) is -2.96. The number of carboxylic acid groups (broad SMARTS) is 1. The predicted molar refractivity (Wildman–Crippen MR) is 272 cm³/mol. The lowest BCUT2D eigenvalue weighted by atomic mass is 9.80. The Morgan fingerprint density at radius 1 is 0.705 bits per heavy atom. The number of amides is 2. The number of carboxylic acids is 1. The molecule has 0 aliphatic carbocycles. The van der Waals surface area contributed by atoms with Crippen LogP contribution in [0.3, 0.4) is 0 Å². The summed E-state index contributed by atoms with van der Waals surface area (Å²) in [7, 11) is -7.55. The fourth-order valence-electron chi connectivity index (χ4n) is 8.09. The van der Waals surface area contributed by atoms with Crippen molar-refractivity contribution in [3.05, 3.63) is 60.5 Å². The molecule has 78 heavy (non-hydrogen) atoms. The van der Waals surface area contributed by atoms with Crippen LogP contribution in [0.2, 0.25) is 0 Å². The van der Waals surface area contributed by atoms with E-state index >= 15 is 0 Å². The summed E-state index contributed by atoms with van der Waals surface area (Å²) < 4.78 is 139. The maximum absolute atomic E-state index is 13.3. The number of alkyl halides is 3. The van der Waals surface area contributed by atoms with Crippen LogP contribution in [0, 0.1) is 10.8 Å². The van der Waals surface area contributed by atoms with E-state index in [1.165, 1.54) is 45.3 Å². The number of aromatic nitrogens is 2. The number of nitrogens with zero attached hydrogens (tertiary/aromatic N) is 4. The Labute approximate surface area is 451 Å². The Morgan fingerprint density at radius 2 is 1.08 bits per heavy atom. The molecular weight excluding hydrogens is 1080 g/mol. The van der Waals surface area contributed by atoms with Crippen molar-refractivity contribution in [2.24, 2.45) is 16.6 Å². The fourth-order valence-corrected chi connectivity index (χ4v) is 10.9. The summed E-state index contributed by atoms with van der Waals surface area (Å²) in [5.41, 5.74) is 4.03. The lowest BCUT2D eigenvalue weighted by Gasteiger charge is -2.38. The minimum absolute atomic E-state index is 0.00702. The van der Waals surface area contributed by atoms with Gasteiger partial charge in [-0.25, -0.2) is 40.4 Å². The number of pyridine rings is 2. The molecule has 5 N–H and O–H groups in total. The molecule has 0 saturated carbocycles. The summed E-state index contributed by atoms with van der Waals surface area (Å²) in [5, 5.41) is 13.3. The molecule has 4 fully saturated rings. The molecule has 0 radical (unpaired) electrons. The second kappa shape index (κ2) is 29.2. The monoisotopic (exact) mass is 1150 g/mol. The first kappa shape index (κ1) is 65.1. The largest absolute Gasteiger partial charge is 0.490 e. The van der Waals surface area contributed by atoms with Gasteiger partial charge in [-0.15, -0.1) is 0 Å². The third-order valence-corrected chi connectivity index (χ3v) is 17.0. The van der Waals surface area contributed by atoms with Crippen LogP contribution in [0.25, 0.3) is 0 Å². The van der Waals surface area contributed by atoms with Crippen molar-refractivity contribution in [3.8, 4) is 11.8 Å². The molecule has 28 heteroatoms. The minimum Gasteiger partial charge on any atom is -0.475 e. The van der Waals surface area contributed by atoms with Crippen molar-refractivity contribution < 1.29 is 86.8 Å². The van der Waals surface area contributed by atoms with E-state index in [0.717, 1.165) is 25.7 Å². The molecule has 6 heterocycles. The zero-order chi connectivity index (χ0) is 58.0. The van der Waals surface area contributed by atoms with Crippen LogP contribution in [0.1, 0.15) is 98.8 Å². The van der Waals surface area contributed by atoms with Crippen molar-refractivity contribution in [3.63, 3.8) is 0 Å². The highest BCUT2D eigenvalue weighted by Gasteiger charge is 2.43. The van der Waals surface area contributed by atoms with Crippen LogP contribution in [-0.2, 0) is 53.4 Å². The molecule has 0 aromatic carbocycles. The Morgan fingerprint density at radius 3 is 1.38 bits per heavy atom. The standard InChI is InChI=1S/C27H40FN3O7S.C21H31FN4O5S.C2HF3O2/c1-26(2,3)38-24(32)8-5-20(17-28)19-37-23-7-6-22(18-29-23)39(34,35)31-13-11-27(4,12-14-31)25(33)30-21-9-15-36-16-10-21;1-21(20(27)25-17-4-10-30-11-5-17)6-8-26(9-7-21)32(28,29)18-2-3-19(24-14-18)31-15-16(12-22)13-23;3-2(4,5)1(6)7/h6-7,17-18,21H,5,8-16,19H2,1-4H3,(H,30,33);2-3,12,14,17H,4-11,13,15,23H2,1H3,(H,25,27);(H,6,7)/b;16-12+;. The van der Waals surface area contributed by atoms with Gasteiger partial charge in [0.05, 0.1) is 25.1 Å². The lowest BCUT2D eigenvalue weighted by molar-refractivity contribution is -0.192. The second-order valence-corrected chi connectivity index (χ2v) is 24.4. The van der Waals surface area contributed by atoms with E-state index < -0.39 is 54.6 Å². The number of esters is 1. The van der Waals surface area contributed by atoms with Crippen molar-refractivity contribution in [2.75, 3.05) is 72.4 Å². The summed E-state index contributed by atoms with van der Waals surface area (Å²) >= 11 is 0. The van der Waals surface area contributed by atoms with E-state index in [-0.39, 0.29) is 115 Å². The van der Waals surface area contributed by atoms with Gasteiger partial charge in [-0.1, -0.05) is 13.8 Å². The topological polar surface area (TPSA) is 285 Å². The molecule has 4 aliphatic rings. The number of nitrogens with two attached hydrogens (primary N) is 1. The first-order valence-corrected chi connectivity index (χ1v) is 28.2. The van der Waals surface area contributed by atoms with E-state index in [0.29, 0.717) is 64.8 Å². The third-order valence-electron chi connectivity index (χ3n) is 13.2. The number of piperidine rings is 2. The third kappa shape index (κ3) is 20.1. The quantitative estimate of drug-likeness (QED) is 0.106. The van der Waals surface area contributed by atoms with Crippen molar-refractivity contribution in [1.82, 2.24) is 29.2 Å². The molecule has 4 saturated heterocycles. The van der Waals surface area contributed by atoms with Crippen molar-refractivity contribution >= 4 is 43.8 Å². The minimum atomic E-state index is -5.08. The number of nitrogens with one attached hydrogen (secondary N) is 2.